The number of nitrogens with one attached hydrogen (secondary N) is 2. The highest BCUT2D eigenvalue weighted by Crippen LogP contribution is 2.17. The van der Waals surface area contributed by atoms with Crippen LogP contribution in [0.5, 0.6) is 0 Å². The van der Waals surface area contributed by atoms with Gasteiger partial charge in [-0.05, 0) is 13.8 Å². The first kappa shape index (κ1) is 13.7. The second kappa shape index (κ2) is 5.51. The van der Waals surface area contributed by atoms with Gasteiger partial charge in [-0.3, -0.25) is 10.1 Å². The van der Waals surface area contributed by atoms with Crippen molar-refractivity contribution in [3.8, 4) is 12.1 Å². The van der Waals surface area contributed by atoms with Gasteiger partial charge in [0.2, 0.25) is 11.9 Å². The molecule has 0 saturated carbocycles. The number of nitriles is 2. The number of anilines is 1. The van der Waals surface area contributed by atoms with E-state index in [1.807, 2.05) is 13.8 Å². The molecule has 0 fully saturated rings. The lowest BCUT2D eigenvalue weighted by molar-refractivity contribution is -0.115. The summed E-state index contributed by atoms with van der Waals surface area (Å²) in [6, 6.07) is 3.58. The summed E-state index contributed by atoms with van der Waals surface area (Å²) in [5.74, 6) is -0.214. The Kier molecular flexibility index (Phi) is 3.78. The fraction of sp³-hybridized carbons (Fsp3) is 0.250. The minimum atomic E-state index is -0.305. The van der Waals surface area contributed by atoms with E-state index < -0.39 is 0 Å². The van der Waals surface area contributed by atoms with Crippen LogP contribution in [0.2, 0.25) is 0 Å². The Morgan fingerprint density at radius 1 is 1.35 bits per heavy atom. The zero-order valence-corrected chi connectivity index (χ0v) is 11.6. The van der Waals surface area contributed by atoms with E-state index in [1.165, 1.54) is 11.3 Å². The molecule has 0 radical (unpaired) electrons. The fourth-order valence-electron chi connectivity index (χ4n) is 1.66. The van der Waals surface area contributed by atoms with Gasteiger partial charge in [0.15, 0.2) is 11.4 Å². The van der Waals surface area contributed by atoms with Crippen LogP contribution in [-0.2, 0) is 11.2 Å². The number of amides is 1. The highest BCUT2D eigenvalue weighted by atomic mass is 32.1. The van der Waals surface area contributed by atoms with Crippen LogP contribution in [0, 0.1) is 36.5 Å². The van der Waals surface area contributed by atoms with E-state index in [0.29, 0.717) is 0 Å². The lowest BCUT2D eigenvalue weighted by atomic mass is 10.3. The quantitative estimate of drug-likeness (QED) is 0.884. The minimum absolute atomic E-state index is 0.0310. The number of hydrogen-bond acceptors (Lipinski definition) is 6. The summed E-state index contributed by atoms with van der Waals surface area (Å²) >= 11 is 1.53. The Bertz CT molecular complexity index is 714. The standard InChI is InChI=1S/C12H10N6OS/c1-6-8(15-7(2)20-6)3-11(19)18-12-16-9(4-13)10(5-14)17-12/h3H2,1-2H3,(H2,16,17,18,19). The van der Waals surface area contributed by atoms with Crippen molar-refractivity contribution in [3.05, 3.63) is 27.0 Å². The Balaban J connectivity index is 2.09. The molecule has 2 aromatic heterocycles. The van der Waals surface area contributed by atoms with Crippen LogP contribution in [0.3, 0.4) is 0 Å². The molecule has 8 heteroatoms. The summed E-state index contributed by atoms with van der Waals surface area (Å²) in [6.07, 6.45) is 0.126. The maximum Gasteiger partial charge on any atom is 0.232 e. The van der Waals surface area contributed by atoms with Crippen molar-refractivity contribution in [2.45, 2.75) is 20.3 Å². The summed E-state index contributed by atoms with van der Waals surface area (Å²) in [5.41, 5.74) is 0.713. The van der Waals surface area contributed by atoms with Crippen molar-refractivity contribution in [1.29, 1.82) is 10.5 Å². The van der Waals surface area contributed by atoms with Crippen molar-refractivity contribution in [1.82, 2.24) is 15.0 Å². The molecule has 2 heterocycles. The molecule has 2 rings (SSSR count). The van der Waals surface area contributed by atoms with E-state index in [-0.39, 0.29) is 29.7 Å². The molecule has 2 N–H and O–H groups in total. The van der Waals surface area contributed by atoms with Gasteiger partial charge >= 0.3 is 0 Å². The molecule has 2 aromatic rings. The van der Waals surface area contributed by atoms with E-state index in [9.17, 15) is 4.79 Å². The van der Waals surface area contributed by atoms with Crippen molar-refractivity contribution in [3.63, 3.8) is 0 Å². The lowest BCUT2D eigenvalue weighted by Crippen LogP contribution is -2.16. The van der Waals surface area contributed by atoms with Crippen LogP contribution in [0.4, 0.5) is 5.95 Å². The molecule has 0 spiro atoms. The third-order valence-electron chi connectivity index (χ3n) is 2.51. The van der Waals surface area contributed by atoms with Gasteiger partial charge in [0.25, 0.3) is 0 Å². The molecule has 0 aliphatic rings. The maximum atomic E-state index is 11.9. The average molecular weight is 286 g/mol. The molecule has 0 saturated heterocycles. The number of H-pyrrole nitrogens is 1. The average Bonchev–Trinajstić information content (AvgIpc) is 2.92. The Morgan fingerprint density at radius 3 is 2.60 bits per heavy atom. The molecule has 0 aliphatic heterocycles. The molecule has 100 valence electrons. The van der Waals surface area contributed by atoms with E-state index in [2.05, 4.69) is 20.3 Å². The molecule has 7 nitrogen and oxygen atoms in total. The summed E-state index contributed by atoms with van der Waals surface area (Å²) in [6.45, 7) is 3.78. The number of thiazole rings is 1. The number of aromatic amines is 1. The Labute approximate surface area is 118 Å². The summed E-state index contributed by atoms with van der Waals surface area (Å²) in [4.78, 5) is 23.5. The Hall–Kier alpha value is -2.71. The number of carbonyl (C=O) groups excluding carboxylic acids is 1. The molecule has 0 atom stereocenters. The van der Waals surface area contributed by atoms with Crippen LogP contribution in [0.25, 0.3) is 0 Å². The predicted octanol–water partition coefficient (Wildman–Crippen LogP) is 1.41. The van der Waals surface area contributed by atoms with Crippen molar-refractivity contribution in [2.24, 2.45) is 0 Å². The fourth-order valence-corrected chi connectivity index (χ4v) is 2.49. The van der Waals surface area contributed by atoms with Gasteiger partial charge in [-0.1, -0.05) is 0 Å². The maximum absolute atomic E-state index is 11.9. The van der Waals surface area contributed by atoms with Crippen LogP contribution in [-0.4, -0.2) is 20.9 Å². The molecule has 0 unspecified atom stereocenters. The van der Waals surface area contributed by atoms with Crippen LogP contribution >= 0.6 is 11.3 Å². The van der Waals surface area contributed by atoms with Crippen molar-refractivity contribution in [2.75, 3.05) is 5.32 Å². The number of nitrogens with zero attached hydrogens (tertiary/aromatic N) is 4. The highest BCUT2D eigenvalue weighted by molar-refractivity contribution is 7.11. The Morgan fingerprint density at radius 2 is 2.10 bits per heavy atom. The molecule has 0 bridgehead atoms. The molecule has 1 amide bonds. The minimum Gasteiger partial charge on any atom is -0.314 e. The largest absolute Gasteiger partial charge is 0.314 e. The molecule has 20 heavy (non-hydrogen) atoms. The number of aromatic nitrogens is 3. The normalized spacial score (nSPS) is 9.80. The third kappa shape index (κ3) is 2.82. The van der Waals surface area contributed by atoms with Crippen LogP contribution < -0.4 is 5.32 Å². The summed E-state index contributed by atoms with van der Waals surface area (Å²) in [7, 11) is 0. The first-order chi connectivity index (χ1) is 9.53. The third-order valence-corrected chi connectivity index (χ3v) is 3.44. The number of imidazole rings is 1. The number of rotatable bonds is 3. The molecular formula is C12H10N6OS. The monoisotopic (exact) mass is 286 g/mol. The first-order valence-electron chi connectivity index (χ1n) is 5.66. The van der Waals surface area contributed by atoms with E-state index in [1.54, 1.807) is 12.1 Å². The van der Waals surface area contributed by atoms with Crippen LogP contribution in [0.1, 0.15) is 27.0 Å². The van der Waals surface area contributed by atoms with Gasteiger partial charge in [-0.2, -0.15) is 10.5 Å². The number of aryl methyl sites for hydroxylation is 2. The molecular weight excluding hydrogens is 276 g/mol. The zero-order chi connectivity index (χ0) is 14.7. The topological polar surface area (TPSA) is 118 Å². The van der Waals surface area contributed by atoms with Crippen molar-refractivity contribution >= 4 is 23.2 Å². The van der Waals surface area contributed by atoms with E-state index in [0.717, 1.165) is 15.6 Å². The van der Waals surface area contributed by atoms with Gasteiger partial charge in [-0.25, -0.2) is 9.97 Å². The second-order valence-corrected chi connectivity index (χ2v) is 5.40. The zero-order valence-electron chi connectivity index (χ0n) is 10.8. The van der Waals surface area contributed by atoms with Gasteiger partial charge in [0.1, 0.15) is 12.1 Å². The van der Waals surface area contributed by atoms with Gasteiger partial charge < -0.3 is 4.98 Å². The summed E-state index contributed by atoms with van der Waals surface area (Å²) < 4.78 is 0. The highest BCUT2D eigenvalue weighted by Gasteiger charge is 2.14. The molecule has 0 aliphatic carbocycles. The van der Waals surface area contributed by atoms with E-state index >= 15 is 0 Å². The first-order valence-corrected chi connectivity index (χ1v) is 6.48. The van der Waals surface area contributed by atoms with Gasteiger partial charge in [0.05, 0.1) is 17.1 Å². The lowest BCUT2D eigenvalue weighted by Gasteiger charge is -2.00. The number of hydrogen-bond donors (Lipinski definition) is 2. The predicted molar refractivity (Wildman–Crippen MR) is 71.9 cm³/mol. The SMILES string of the molecule is Cc1nc(CC(=O)Nc2nc(C#N)c(C#N)[nH]2)c(C)s1. The van der Waals surface area contributed by atoms with Gasteiger partial charge in [0, 0.05) is 4.88 Å². The second-order valence-electron chi connectivity index (χ2n) is 3.99. The van der Waals surface area contributed by atoms with Crippen molar-refractivity contribution < 1.29 is 4.79 Å². The number of carbonyl (C=O) groups is 1. The van der Waals surface area contributed by atoms with E-state index in [4.69, 9.17) is 10.5 Å². The molecule has 0 aromatic carbocycles. The summed E-state index contributed by atoms with van der Waals surface area (Å²) in [5, 5.41) is 21.0. The smallest absolute Gasteiger partial charge is 0.232 e. The van der Waals surface area contributed by atoms with Gasteiger partial charge in [-0.15, -0.1) is 11.3 Å². The van der Waals surface area contributed by atoms with Crippen LogP contribution in [0.15, 0.2) is 0 Å².